The molecule has 0 radical (unpaired) electrons. The van der Waals surface area contributed by atoms with Crippen LogP contribution in [0.5, 0.6) is 5.75 Å². The van der Waals surface area contributed by atoms with Crippen LogP contribution in [0, 0.1) is 0 Å². The number of aliphatic hydroxyl groups is 1. The van der Waals surface area contributed by atoms with Gasteiger partial charge in [-0.3, -0.25) is 28.8 Å². The molecule has 3 aromatic rings. The molecule has 0 unspecified atom stereocenters. The van der Waals surface area contributed by atoms with E-state index in [4.69, 9.17) is 4.74 Å². The molecule has 6 amide bonds. The number of carbonyl (C=O) groups excluding carboxylic acids is 6. The first kappa shape index (κ1) is 37.5. The smallest absolute Gasteiger partial charge is 0.258 e. The molecule has 14 nitrogen and oxygen atoms in total. The fourth-order valence-electron chi connectivity index (χ4n) is 6.18. The summed E-state index contributed by atoms with van der Waals surface area (Å²) in [4.78, 5) is 82.2. The van der Waals surface area contributed by atoms with Crippen LogP contribution in [0.1, 0.15) is 41.8 Å². The molecule has 274 valence electrons. The first-order valence-corrected chi connectivity index (χ1v) is 17.3. The zero-order valence-corrected chi connectivity index (χ0v) is 29.0. The highest BCUT2D eigenvalue weighted by Crippen LogP contribution is 2.22. The van der Waals surface area contributed by atoms with Crippen LogP contribution >= 0.6 is 0 Å². The minimum Gasteiger partial charge on any atom is -0.484 e. The number of fused-ring (bicyclic) bond motifs is 16. The highest BCUT2D eigenvalue weighted by atomic mass is 16.5. The molecule has 52 heavy (non-hydrogen) atoms. The van der Waals surface area contributed by atoms with Gasteiger partial charge in [0, 0.05) is 31.1 Å². The van der Waals surface area contributed by atoms with E-state index in [1.54, 1.807) is 66.7 Å². The van der Waals surface area contributed by atoms with Gasteiger partial charge in [-0.2, -0.15) is 0 Å². The van der Waals surface area contributed by atoms with Crippen LogP contribution in [-0.4, -0.2) is 101 Å². The molecule has 2 bridgehead atoms. The largest absolute Gasteiger partial charge is 0.484 e. The van der Waals surface area contributed by atoms with Crippen LogP contribution in [-0.2, 0) is 36.8 Å². The highest BCUT2D eigenvalue weighted by molar-refractivity contribution is 5.97. The summed E-state index contributed by atoms with van der Waals surface area (Å²) in [5.74, 6) is -3.18. The molecule has 0 aliphatic carbocycles. The number of rotatable bonds is 5. The topological polar surface area (TPSA) is 195 Å². The lowest BCUT2D eigenvalue weighted by molar-refractivity contribution is -0.143. The number of nitrogens with zero attached hydrogens (tertiary/aromatic N) is 1. The zero-order chi connectivity index (χ0) is 37.2. The van der Waals surface area contributed by atoms with Crippen molar-refractivity contribution in [2.75, 3.05) is 19.7 Å². The van der Waals surface area contributed by atoms with Gasteiger partial charge >= 0.3 is 0 Å². The molecule has 0 saturated carbocycles. The van der Waals surface area contributed by atoms with E-state index in [1.807, 2.05) is 18.2 Å². The molecule has 3 aliphatic heterocycles. The van der Waals surface area contributed by atoms with Gasteiger partial charge in [-0.15, -0.1) is 0 Å². The van der Waals surface area contributed by atoms with E-state index in [-0.39, 0.29) is 25.9 Å². The highest BCUT2D eigenvalue weighted by Gasteiger charge is 2.44. The molecule has 14 heteroatoms. The van der Waals surface area contributed by atoms with Crippen molar-refractivity contribution in [1.29, 1.82) is 0 Å². The Kier molecular flexibility index (Phi) is 12.6. The molecule has 6 N–H and O–H groups in total. The van der Waals surface area contributed by atoms with Gasteiger partial charge in [0.1, 0.15) is 29.9 Å². The van der Waals surface area contributed by atoms with Crippen LogP contribution in [0.2, 0.25) is 0 Å². The van der Waals surface area contributed by atoms with E-state index in [2.05, 4.69) is 26.6 Å². The Morgan fingerprint density at radius 3 is 2.23 bits per heavy atom. The average Bonchev–Trinajstić information content (AvgIpc) is 3.56. The molecule has 0 spiro atoms. The van der Waals surface area contributed by atoms with Crippen molar-refractivity contribution in [2.24, 2.45) is 0 Å². The molecule has 3 aromatic carbocycles. The Balaban J connectivity index is 1.46. The maximum Gasteiger partial charge on any atom is 0.258 e. The van der Waals surface area contributed by atoms with Crippen molar-refractivity contribution < 1.29 is 38.6 Å². The number of benzene rings is 3. The van der Waals surface area contributed by atoms with Gasteiger partial charge in [0.2, 0.25) is 23.6 Å². The molecule has 0 aromatic heterocycles. The van der Waals surface area contributed by atoms with Gasteiger partial charge in [-0.1, -0.05) is 60.7 Å². The Labute approximate surface area is 301 Å². The first-order chi connectivity index (χ1) is 25.0. The number of ether oxygens (including phenoxy) is 1. The monoisotopic (exact) mass is 712 g/mol. The summed E-state index contributed by atoms with van der Waals surface area (Å²) >= 11 is 0. The quantitative estimate of drug-likeness (QED) is 0.203. The van der Waals surface area contributed by atoms with Gasteiger partial charge < -0.3 is 41.3 Å². The van der Waals surface area contributed by atoms with Gasteiger partial charge in [0.05, 0.1) is 6.10 Å². The molecule has 3 heterocycles. The minimum atomic E-state index is -1.48. The van der Waals surface area contributed by atoms with Crippen LogP contribution in [0.3, 0.4) is 0 Å². The van der Waals surface area contributed by atoms with E-state index in [0.29, 0.717) is 17.7 Å². The summed E-state index contributed by atoms with van der Waals surface area (Å²) in [5.41, 5.74) is 2.02. The van der Waals surface area contributed by atoms with Crippen molar-refractivity contribution in [3.63, 3.8) is 0 Å². The normalized spacial score (nSPS) is 24.1. The van der Waals surface area contributed by atoms with Crippen LogP contribution in [0.15, 0.2) is 84.9 Å². The maximum atomic E-state index is 14.4. The third kappa shape index (κ3) is 9.94. The zero-order valence-electron chi connectivity index (χ0n) is 29.0. The van der Waals surface area contributed by atoms with Gasteiger partial charge in [0.25, 0.3) is 11.8 Å². The molecule has 6 rings (SSSR count). The summed E-state index contributed by atoms with van der Waals surface area (Å²) in [5, 5.41) is 24.1. The summed E-state index contributed by atoms with van der Waals surface area (Å²) < 4.78 is 5.72. The van der Waals surface area contributed by atoms with E-state index in [0.717, 1.165) is 11.1 Å². The Hall–Kier alpha value is -5.76. The van der Waals surface area contributed by atoms with Gasteiger partial charge in [0.15, 0.2) is 6.61 Å². The first-order valence-electron chi connectivity index (χ1n) is 17.3. The Morgan fingerprint density at radius 2 is 1.56 bits per heavy atom. The lowest BCUT2D eigenvalue weighted by Crippen LogP contribution is -2.60. The summed E-state index contributed by atoms with van der Waals surface area (Å²) in [6.07, 6.45) is -0.830. The molecule has 3 aliphatic rings. The Morgan fingerprint density at radius 1 is 0.885 bits per heavy atom. The third-order valence-electron chi connectivity index (χ3n) is 8.99. The van der Waals surface area contributed by atoms with Crippen molar-refractivity contribution >= 4 is 35.4 Å². The fraction of sp³-hybridized carbons (Fsp3) is 0.368. The fourth-order valence-corrected chi connectivity index (χ4v) is 6.18. The number of hydrogen-bond donors (Lipinski definition) is 6. The van der Waals surface area contributed by atoms with E-state index in [1.165, 1.54) is 18.7 Å². The lowest BCUT2D eigenvalue weighted by atomic mass is 10.0. The van der Waals surface area contributed by atoms with Gasteiger partial charge in [-0.05, 0) is 62.1 Å². The van der Waals surface area contributed by atoms with E-state index < -0.39 is 78.4 Å². The standard InChI is InChI=1S/C38H44N6O8/c1-23-34(47)39-18-17-25-13-15-29(16-14-25)52-22-32(46)42-30(19-26-9-5-3-6-10-26)38(51)44-21-28(41-35(48)27-11-7-4-8-12-27)20-31(44)36(49)43-33(24(2)45)37(50)40-23/h3-16,23-24,28,30-31,33,45H,17-22H2,1-2H3,(H,39,47)(H,40,50)(H,41,48)(H,42,46)(H,43,49)/t23-,24+,28-,30-,31-,33-/m0/s1. The predicted octanol–water partition coefficient (Wildman–Crippen LogP) is 0.235. The molecule has 1 fully saturated rings. The SMILES string of the molecule is C[C@@H]1NC(=O)[C@H]([C@@H](C)O)NC(=O)[C@@H]2C[C@H](NC(=O)c3ccccc3)CN2C(=O)[C@H](Cc2ccccc2)NC(=O)COc2ccc(cc2)CCNC1=O. The van der Waals surface area contributed by atoms with Crippen molar-refractivity contribution in [1.82, 2.24) is 31.5 Å². The third-order valence-corrected chi connectivity index (χ3v) is 8.99. The number of aliphatic hydroxyl groups excluding tert-OH is 1. The Bertz CT molecular complexity index is 1740. The van der Waals surface area contributed by atoms with Crippen molar-refractivity contribution in [3.8, 4) is 5.75 Å². The summed E-state index contributed by atoms with van der Waals surface area (Å²) in [6, 6.07) is 19.0. The van der Waals surface area contributed by atoms with Gasteiger partial charge in [-0.25, -0.2) is 0 Å². The second-order valence-electron chi connectivity index (χ2n) is 13.0. The second kappa shape index (κ2) is 17.4. The lowest BCUT2D eigenvalue weighted by Gasteiger charge is -2.30. The minimum absolute atomic E-state index is 0.0196. The molecule has 1 saturated heterocycles. The number of amides is 6. The van der Waals surface area contributed by atoms with Crippen LogP contribution in [0.4, 0.5) is 0 Å². The number of carbonyl (C=O) groups is 6. The van der Waals surface area contributed by atoms with Crippen LogP contribution < -0.4 is 31.3 Å². The van der Waals surface area contributed by atoms with E-state index in [9.17, 15) is 33.9 Å². The summed E-state index contributed by atoms with van der Waals surface area (Å²) in [7, 11) is 0. The molecule has 6 atom stereocenters. The van der Waals surface area contributed by atoms with Crippen LogP contribution in [0.25, 0.3) is 0 Å². The molecular formula is C38H44N6O8. The van der Waals surface area contributed by atoms with Crippen molar-refractivity contribution in [2.45, 2.75) is 69.4 Å². The predicted molar refractivity (Wildman–Crippen MR) is 190 cm³/mol. The molecular weight excluding hydrogens is 668 g/mol. The van der Waals surface area contributed by atoms with E-state index >= 15 is 0 Å². The van der Waals surface area contributed by atoms with Crippen molar-refractivity contribution in [3.05, 3.63) is 102 Å². The number of hydrogen-bond acceptors (Lipinski definition) is 8. The summed E-state index contributed by atoms with van der Waals surface area (Å²) in [6.45, 7) is 2.60. The number of nitrogens with one attached hydrogen (secondary N) is 5. The average molecular weight is 713 g/mol. The maximum absolute atomic E-state index is 14.4. The second-order valence-corrected chi connectivity index (χ2v) is 13.0.